The molecule has 0 saturated heterocycles. The summed E-state index contributed by atoms with van der Waals surface area (Å²) in [6, 6.07) is 7.06. The summed E-state index contributed by atoms with van der Waals surface area (Å²) in [5, 5.41) is 3.11. The van der Waals surface area contributed by atoms with Crippen molar-refractivity contribution in [2.75, 3.05) is 19.3 Å². The van der Waals surface area contributed by atoms with Crippen molar-refractivity contribution in [2.45, 2.75) is 13.3 Å². The van der Waals surface area contributed by atoms with E-state index in [0.29, 0.717) is 22.4 Å². The van der Waals surface area contributed by atoms with E-state index in [1.807, 2.05) is 6.07 Å². The van der Waals surface area contributed by atoms with Crippen LogP contribution in [0.2, 0.25) is 5.02 Å². The van der Waals surface area contributed by atoms with Crippen LogP contribution >= 0.6 is 11.6 Å². The molecule has 0 saturated carbocycles. The summed E-state index contributed by atoms with van der Waals surface area (Å²) in [6.07, 6.45) is 0.00942. The van der Waals surface area contributed by atoms with E-state index in [2.05, 4.69) is 15.0 Å². The Morgan fingerprint density at radius 3 is 2.79 bits per heavy atom. The first-order valence-electron chi connectivity index (χ1n) is 7.21. The number of carbonyl (C=O) groups is 1. The van der Waals surface area contributed by atoms with Crippen molar-refractivity contribution in [3.8, 4) is 11.5 Å². The molecule has 9 heteroatoms. The maximum absolute atomic E-state index is 11.9. The van der Waals surface area contributed by atoms with Gasteiger partial charge in [0.25, 0.3) is 0 Å². The standard InChI is InChI=1S/C15H18ClN3O4S/c1-10-13(9-14(20)18-6-7-24(21,22)17-2)19-15(23-10)11-4-3-5-12(16)8-11/h3-5,8,17H,6-7,9H2,1-2H3,(H,18,20). The molecule has 24 heavy (non-hydrogen) atoms. The van der Waals surface area contributed by atoms with E-state index in [1.165, 1.54) is 7.05 Å². The summed E-state index contributed by atoms with van der Waals surface area (Å²) < 4.78 is 30.3. The third-order valence-corrected chi connectivity index (χ3v) is 4.89. The van der Waals surface area contributed by atoms with E-state index in [-0.39, 0.29) is 24.6 Å². The number of oxazole rings is 1. The monoisotopic (exact) mass is 371 g/mol. The molecule has 0 bridgehead atoms. The Labute approximate surface area is 145 Å². The maximum atomic E-state index is 11.9. The van der Waals surface area contributed by atoms with Gasteiger partial charge in [-0.05, 0) is 32.2 Å². The van der Waals surface area contributed by atoms with Gasteiger partial charge in [0.05, 0.1) is 17.9 Å². The number of nitrogens with zero attached hydrogens (tertiary/aromatic N) is 1. The number of rotatable bonds is 7. The zero-order valence-corrected chi connectivity index (χ0v) is 14.9. The van der Waals surface area contributed by atoms with Gasteiger partial charge in [0.1, 0.15) is 5.76 Å². The molecule has 1 aromatic heterocycles. The molecule has 0 aliphatic carbocycles. The van der Waals surface area contributed by atoms with Gasteiger partial charge in [-0.2, -0.15) is 0 Å². The van der Waals surface area contributed by atoms with Crippen molar-refractivity contribution < 1.29 is 17.6 Å². The Morgan fingerprint density at radius 2 is 2.12 bits per heavy atom. The summed E-state index contributed by atoms with van der Waals surface area (Å²) in [4.78, 5) is 16.2. The predicted molar refractivity (Wildman–Crippen MR) is 91.2 cm³/mol. The lowest BCUT2D eigenvalue weighted by molar-refractivity contribution is -0.120. The first-order chi connectivity index (χ1) is 11.3. The van der Waals surface area contributed by atoms with E-state index in [0.717, 1.165) is 5.56 Å². The van der Waals surface area contributed by atoms with Crippen molar-refractivity contribution in [3.05, 3.63) is 40.7 Å². The van der Waals surface area contributed by atoms with Crippen molar-refractivity contribution in [2.24, 2.45) is 0 Å². The molecule has 2 N–H and O–H groups in total. The van der Waals surface area contributed by atoms with Crippen LogP contribution in [-0.4, -0.2) is 38.7 Å². The van der Waals surface area contributed by atoms with Crippen LogP contribution in [0.4, 0.5) is 0 Å². The van der Waals surface area contributed by atoms with Crippen molar-refractivity contribution >= 4 is 27.5 Å². The second-order valence-corrected chi connectivity index (χ2v) is 7.56. The molecule has 0 fully saturated rings. The van der Waals surface area contributed by atoms with Gasteiger partial charge in [0, 0.05) is 17.1 Å². The molecule has 0 aliphatic rings. The molecule has 1 heterocycles. The number of halogens is 1. The summed E-state index contributed by atoms with van der Waals surface area (Å²) in [6.45, 7) is 1.75. The van der Waals surface area contributed by atoms with E-state index in [1.54, 1.807) is 25.1 Å². The normalized spacial score (nSPS) is 11.5. The minimum atomic E-state index is -3.34. The van der Waals surface area contributed by atoms with Gasteiger partial charge in [-0.1, -0.05) is 17.7 Å². The highest BCUT2D eigenvalue weighted by Gasteiger charge is 2.15. The molecule has 2 aromatic rings. The highest BCUT2D eigenvalue weighted by molar-refractivity contribution is 7.89. The van der Waals surface area contributed by atoms with Gasteiger partial charge < -0.3 is 9.73 Å². The maximum Gasteiger partial charge on any atom is 0.226 e. The van der Waals surface area contributed by atoms with E-state index < -0.39 is 10.0 Å². The smallest absolute Gasteiger partial charge is 0.226 e. The highest BCUT2D eigenvalue weighted by atomic mass is 35.5. The fourth-order valence-corrected chi connectivity index (χ4v) is 2.74. The summed E-state index contributed by atoms with van der Waals surface area (Å²) in [7, 11) is -2.02. The van der Waals surface area contributed by atoms with Gasteiger partial charge >= 0.3 is 0 Å². The number of aryl methyl sites for hydroxylation is 1. The molecule has 0 unspecified atom stereocenters. The molecule has 1 amide bonds. The molecule has 130 valence electrons. The van der Waals surface area contributed by atoms with Crippen LogP contribution in [-0.2, 0) is 21.2 Å². The minimum absolute atomic E-state index is 0.00942. The first kappa shape index (κ1) is 18.4. The number of carbonyl (C=O) groups excluding carboxylic acids is 1. The minimum Gasteiger partial charge on any atom is -0.441 e. The largest absolute Gasteiger partial charge is 0.441 e. The SMILES string of the molecule is CNS(=O)(=O)CCNC(=O)Cc1nc(-c2cccc(Cl)c2)oc1C. The number of sulfonamides is 1. The van der Waals surface area contributed by atoms with Crippen LogP contribution in [0.1, 0.15) is 11.5 Å². The Hall–Kier alpha value is -1.90. The second-order valence-electron chi connectivity index (χ2n) is 5.08. The number of hydrogen-bond acceptors (Lipinski definition) is 5. The zero-order chi connectivity index (χ0) is 17.7. The fraction of sp³-hybridized carbons (Fsp3) is 0.333. The predicted octanol–water partition coefficient (Wildman–Crippen LogP) is 1.51. The molecular weight excluding hydrogens is 354 g/mol. The Bertz CT molecular complexity index is 833. The van der Waals surface area contributed by atoms with Crippen LogP contribution in [0.25, 0.3) is 11.5 Å². The molecule has 0 spiro atoms. The number of hydrogen-bond donors (Lipinski definition) is 2. The number of amides is 1. The fourth-order valence-electron chi connectivity index (χ4n) is 1.98. The van der Waals surface area contributed by atoms with Gasteiger partial charge in [-0.3, -0.25) is 4.79 Å². The topological polar surface area (TPSA) is 101 Å². The lowest BCUT2D eigenvalue weighted by Gasteiger charge is -2.04. The van der Waals surface area contributed by atoms with E-state index in [4.69, 9.17) is 16.0 Å². The molecule has 7 nitrogen and oxygen atoms in total. The lowest BCUT2D eigenvalue weighted by atomic mass is 10.2. The number of aromatic nitrogens is 1. The Morgan fingerprint density at radius 1 is 1.38 bits per heavy atom. The van der Waals surface area contributed by atoms with Gasteiger partial charge in [-0.25, -0.2) is 18.1 Å². The molecular formula is C15H18ClN3O4S. The quantitative estimate of drug-likeness (QED) is 0.768. The number of benzene rings is 1. The van der Waals surface area contributed by atoms with Crippen LogP contribution in [0.15, 0.2) is 28.7 Å². The summed E-state index contributed by atoms with van der Waals surface area (Å²) in [5.41, 5.74) is 1.22. The van der Waals surface area contributed by atoms with Crippen LogP contribution < -0.4 is 10.0 Å². The Kier molecular flexibility index (Phi) is 5.98. The average molecular weight is 372 g/mol. The summed E-state index contributed by atoms with van der Waals surface area (Å²) >= 11 is 5.94. The van der Waals surface area contributed by atoms with Crippen LogP contribution in [0.5, 0.6) is 0 Å². The van der Waals surface area contributed by atoms with Gasteiger partial charge in [0.2, 0.25) is 21.8 Å². The third-order valence-electron chi connectivity index (χ3n) is 3.30. The van der Waals surface area contributed by atoms with E-state index in [9.17, 15) is 13.2 Å². The Balaban J connectivity index is 1.99. The van der Waals surface area contributed by atoms with Crippen LogP contribution in [0, 0.1) is 6.92 Å². The summed E-state index contributed by atoms with van der Waals surface area (Å²) in [5.74, 6) is 0.412. The third kappa shape index (κ3) is 5.05. The zero-order valence-electron chi connectivity index (χ0n) is 13.3. The molecule has 1 aromatic carbocycles. The highest BCUT2D eigenvalue weighted by Crippen LogP contribution is 2.24. The molecule has 0 aliphatic heterocycles. The molecule has 2 rings (SSSR count). The van der Waals surface area contributed by atoms with Gasteiger partial charge in [0.15, 0.2) is 0 Å². The lowest BCUT2D eigenvalue weighted by Crippen LogP contribution is -2.33. The average Bonchev–Trinajstić information content (AvgIpc) is 2.88. The molecule has 0 radical (unpaired) electrons. The number of nitrogens with one attached hydrogen (secondary N) is 2. The van der Waals surface area contributed by atoms with Crippen molar-refractivity contribution in [1.82, 2.24) is 15.0 Å². The first-order valence-corrected chi connectivity index (χ1v) is 9.24. The molecule has 0 atom stereocenters. The van der Waals surface area contributed by atoms with Crippen molar-refractivity contribution in [3.63, 3.8) is 0 Å². The van der Waals surface area contributed by atoms with Crippen LogP contribution in [0.3, 0.4) is 0 Å². The van der Waals surface area contributed by atoms with Crippen molar-refractivity contribution in [1.29, 1.82) is 0 Å². The van der Waals surface area contributed by atoms with Gasteiger partial charge in [-0.15, -0.1) is 0 Å². The van der Waals surface area contributed by atoms with E-state index >= 15 is 0 Å². The second kappa shape index (κ2) is 7.78.